The lowest BCUT2D eigenvalue weighted by molar-refractivity contribution is 0.0585. The Hall–Kier alpha value is -0.0800. The van der Waals surface area contributed by atoms with Crippen molar-refractivity contribution in [1.29, 1.82) is 0 Å². The zero-order chi connectivity index (χ0) is 12.3. The van der Waals surface area contributed by atoms with Crippen molar-refractivity contribution in [2.24, 2.45) is 11.3 Å². The van der Waals surface area contributed by atoms with E-state index in [2.05, 4.69) is 26.1 Å². The summed E-state index contributed by atoms with van der Waals surface area (Å²) in [5.41, 5.74) is 0.531. The summed E-state index contributed by atoms with van der Waals surface area (Å²) in [7, 11) is 0. The minimum Gasteiger partial charge on any atom is -0.377 e. The van der Waals surface area contributed by atoms with Crippen LogP contribution in [-0.2, 0) is 4.74 Å². The highest BCUT2D eigenvalue weighted by molar-refractivity contribution is 4.90. The molecule has 2 aliphatic rings. The van der Waals surface area contributed by atoms with E-state index in [9.17, 15) is 0 Å². The van der Waals surface area contributed by atoms with Crippen molar-refractivity contribution in [1.82, 2.24) is 5.32 Å². The largest absolute Gasteiger partial charge is 0.377 e. The Kier molecular flexibility index (Phi) is 4.48. The van der Waals surface area contributed by atoms with Gasteiger partial charge in [-0.05, 0) is 37.0 Å². The third-order valence-electron chi connectivity index (χ3n) is 4.50. The number of hydrogen-bond acceptors (Lipinski definition) is 2. The molecular formula is C15H29NO. The molecule has 2 saturated carbocycles. The summed E-state index contributed by atoms with van der Waals surface area (Å²) in [5, 5.41) is 3.69. The second-order valence-electron chi connectivity index (χ2n) is 6.89. The summed E-state index contributed by atoms with van der Waals surface area (Å²) in [5.74, 6) is 0.816. The predicted octanol–water partition coefficient (Wildman–Crippen LogP) is 3.36. The van der Waals surface area contributed by atoms with E-state index in [1.807, 2.05) is 0 Å². The Morgan fingerprint density at radius 1 is 1.18 bits per heavy atom. The van der Waals surface area contributed by atoms with Crippen LogP contribution in [0.5, 0.6) is 0 Å². The fourth-order valence-electron chi connectivity index (χ4n) is 3.69. The highest BCUT2D eigenvalue weighted by Crippen LogP contribution is 2.40. The smallest absolute Gasteiger partial charge is 0.0594 e. The molecule has 0 spiro atoms. The number of ether oxygens (including phenoxy) is 1. The molecule has 2 heteroatoms. The number of nitrogens with one attached hydrogen (secondary N) is 1. The third kappa shape index (κ3) is 3.96. The molecule has 2 atom stereocenters. The first kappa shape index (κ1) is 13.4. The maximum atomic E-state index is 5.89. The minimum absolute atomic E-state index is 0.531. The van der Waals surface area contributed by atoms with E-state index in [1.165, 1.54) is 38.5 Å². The van der Waals surface area contributed by atoms with Crippen molar-refractivity contribution in [2.75, 3.05) is 13.2 Å². The van der Waals surface area contributed by atoms with Crippen molar-refractivity contribution in [3.8, 4) is 0 Å². The highest BCUT2D eigenvalue weighted by Gasteiger charge is 2.36. The van der Waals surface area contributed by atoms with Crippen LogP contribution in [0.1, 0.15) is 59.3 Å². The first-order chi connectivity index (χ1) is 8.07. The van der Waals surface area contributed by atoms with Gasteiger partial charge in [-0.15, -0.1) is 0 Å². The average Bonchev–Trinajstić information content (AvgIpc) is 2.81. The predicted molar refractivity (Wildman–Crippen MR) is 72.2 cm³/mol. The minimum atomic E-state index is 0.531. The molecule has 2 nitrogen and oxygen atoms in total. The highest BCUT2D eigenvalue weighted by atomic mass is 16.5. The molecule has 0 aromatic rings. The maximum Gasteiger partial charge on any atom is 0.0594 e. The summed E-state index contributed by atoms with van der Waals surface area (Å²) in [6, 6.07) is 0.706. The van der Waals surface area contributed by atoms with Gasteiger partial charge in [0.25, 0.3) is 0 Å². The fourth-order valence-corrected chi connectivity index (χ4v) is 3.69. The van der Waals surface area contributed by atoms with E-state index in [1.54, 1.807) is 0 Å². The first-order valence-corrected chi connectivity index (χ1v) is 7.42. The molecule has 0 saturated heterocycles. The summed E-state index contributed by atoms with van der Waals surface area (Å²) in [6.45, 7) is 9.08. The molecule has 2 fully saturated rings. The first-order valence-electron chi connectivity index (χ1n) is 7.42. The van der Waals surface area contributed by atoms with E-state index in [0.29, 0.717) is 17.6 Å². The standard InChI is InChI=1S/C15H29NO/c1-12-10-15(2,3)11-14(12)16-8-9-17-13-6-4-5-7-13/h12-14,16H,4-11H2,1-3H3. The number of hydrogen-bond donors (Lipinski definition) is 1. The molecule has 0 radical (unpaired) electrons. The van der Waals surface area contributed by atoms with Gasteiger partial charge in [0.1, 0.15) is 0 Å². The van der Waals surface area contributed by atoms with Gasteiger partial charge in [0.05, 0.1) is 12.7 Å². The van der Waals surface area contributed by atoms with Gasteiger partial charge < -0.3 is 10.1 Å². The van der Waals surface area contributed by atoms with E-state index in [4.69, 9.17) is 4.74 Å². The molecule has 2 rings (SSSR count). The summed E-state index contributed by atoms with van der Waals surface area (Å²) >= 11 is 0. The molecule has 0 bridgehead atoms. The molecule has 1 N–H and O–H groups in total. The van der Waals surface area contributed by atoms with Gasteiger partial charge in [-0.25, -0.2) is 0 Å². The normalized spacial score (nSPS) is 33.4. The third-order valence-corrected chi connectivity index (χ3v) is 4.50. The van der Waals surface area contributed by atoms with Crippen molar-refractivity contribution in [2.45, 2.75) is 71.4 Å². The Morgan fingerprint density at radius 3 is 2.47 bits per heavy atom. The van der Waals surface area contributed by atoms with Crippen LogP contribution in [0.4, 0.5) is 0 Å². The van der Waals surface area contributed by atoms with E-state index >= 15 is 0 Å². The molecule has 0 amide bonds. The molecule has 0 aliphatic heterocycles. The fraction of sp³-hybridized carbons (Fsp3) is 1.00. The van der Waals surface area contributed by atoms with Crippen molar-refractivity contribution in [3.63, 3.8) is 0 Å². The Morgan fingerprint density at radius 2 is 1.88 bits per heavy atom. The van der Waals surface area contributed by atoms with Crippen molar-refractivity contribution in [3.05, 3.63) is 0 Å². The van der Waals surface area contributed by atoms with Crippen LogP contribution in [0.3, 0.4) is 0 Å². The quantitative estimate of drug-likeness (QED) is 0.743. The lowest BCUT2D eigenvalue weighted by Crippen LogP contribution is -2.34. The van der Waals surface area contributed by atoms with Crippen LogP contribution in [-0.4, -0.2) is 25.3 Å². The van der Waals surface area contributed by atoms with Gasteiger partial charge in [0.2, 0.25) is 0 Å². The zero-order valence-electron chi connectivity index (χ0n) is 11.8. The van der Waals surface area contributed by atoms with Gasteiger partial charge in [-0.1, -0.05) is 33.6 Å². The lowest BCUT2D eigenvalue weighted by atomic mass is 9.91. The van der Waals surface area contributed by atoms with Crippen LogP contribution in [0.15, 0.2) is 0 Å². The van der Waals surface area contributed by atoms with Crippen LogP contribution in [0.25, 0.3) is 0 Å². The van der Waals surface area contributed by atoms with Gasteiger partial charge >= 0.3 is 0 Å². The zero-order valence-corrected chi connectivity index (χ0v) is 11.8. The molecular weight excluding hydrogens is 210 g/mol. The average molecular weight is 239 g/mol. The van der Waals surface area contributed by atoms with Crippen molar-refractivity contribution >= 4 is 0 Å². The Balaban J connectivity index is 1.59. The molecule has 0 heterocycles. The van der Waals surface area contributed by atoms with Gasteiger partial charge in [-0.3, -0.25) is 0 Å². The van der Waals surface area contributed by atoms with E-state index < -0.39 is 0 Å². The molecule has 17 heavy (non-hydrogen) atoms. The van der Waals surface area contributed by atoms with Gasteiger partial charge in [-0.2, -0.15) is 0 Å². The SMILES string of the molecule is CC1CC(C)(C)CC1NCCOC1CCCC1. The second-order valence-corrected chi connectivity index (χ2v) is 6.89. The van der Waals surface area contributed by atoms with Crippen molar-refractivity contribution < 1.29 is 4.74 Å². The summed E-state index contributed by atoms with van der Waals surface area (Å²) in [6.07, 6.45) is 8.54. The second kappa shape index (κ2) is 5.71. The molecule has 100 valence electrons. The lowest BCUT2D eigenvalue weighted by Gasteiger charge is -2.19. The monoisotopic (exact) mass is 239 g/mol. The maximum absolute atomic E-state index is 5.89. The topological polar surface area (TPSA) is 21.3 Å². The number of rotatable bonds is 5. The Labute approximate surface area is 107 Å². The van der Waals surface area contributed by atoms with E-state index in [0.717, 1.165) is 19.1 Å². The summed E-state index contributed by atoms with van der Waals surface area (Å²) < 4.78 is 5.89. The van der Waals surface area contributed by atoms with Gasteiger partial charge in [0, 0.05) is 12.6 Å². The van der Waals surface area contributed by atoms with Gasteiger partial charge in [0.15, 0.2) is 0 Å². The molecule has 0 aromatic carbocycles. The molecule has 2 unspecified atom stereocenters. The summed E-state index contributed by atoms with van der Waals surface area (Å²) in [4.78, 5) is 0. The molecule has 0 aromatic heterocycles. The van der Waals surface area contributed by atoms with Crippen LogP contribution < -0.4 is 5.32 Å². The van der Waals surface area contributed by atoms with Crippen LogP contribution >= 0.6 is 0 Å². The van der Waals surface area contributed by atoms with Crippen LogP contribution in [0.2, 0.25) is 0 Å². The molecule has 2 aliphatic carbocycles. The Bertz CT molecular complexity index is 233. The van der Waals surface area contributed by atoms with E-state index in [-0.39, 0.29) is 0 Å². The van der Waals surface area contributed by atoms with Crippen LogP contribution in [0, 0.1) is 11.3 Å².